The third kappa shape index (κ3) is 5.01. The first-order valence-electron chi connectivity index (χ1n) is 8.13. The molecule has 2 aromatic rings. The Morgan fingerprint density at radius 2 is 1.75 bits per heavy atom. The van der Waals surface area contributed by atoms with E-state index in [-0.39, 0.29) is 12.5 Å². The number of benzene rings is 2. The molecule has 2 aromatic carbocycles. The van der Waals surface area contributed by atoms with Crippen molar-refractivity contribution in [3.05, 3.63) is 58.7 Å². The van der Waals surface area contributed by atoms with E-state index in [1.165, 1.54) is 5.56 Å². The Bertz CT molecular complexity index is 710. The molecule has 0 fully saturated rings. The van der Waals surface area contributed by atoms with Gasteiger partial charge in [-0.05, 0) is 62.1 Å². The third-order valence-corrected chi connectivity index (χ3v) is 3.94. The molecule has 0 saturated carbocycles. The molecule has 0 spiro atoms. The van der Waals surface area contributed by atoms with Gasteiger partial charge in [-0.15, -0.1) is 0 Å². The quantitative estimate of drug-likeness (QED) is 0.792. The maximum absolute atomic E-state index is 11.9. The summed E-state index contributed by atoms with van der Waals surface area (Å²) in [6.45, 7) is 8.92. The van der Waals surface area contributed by atoms with Crippen LogP contribution >= 0.6 is 0 Å². The van der Waals surface area contributed by atoms with Crippen LogP contribution in [0.5, 0.6) is 11.5 Å². The summed E-state index contributed by atoms with van der Waals surface area (Å²) in [5.74, 6) is 1.45. The van der Waals surface area contributed by atoms with Crippen molar-refractivity contribution in [3.8, 4) is 11.5 Å². The Hall–Kier alpha value is -2.49. The van der Waals surface area contributed by atoms with Crippen LogP contribution in [0, 0.1) is 27.7 Å². The van der Waals surface area contributed by atoms with Crippen LogP contribution in [0.3, 0.4) is 0 Å². The van der Waals surface area contributed by atoms with Crippen LogP contribution in [0.1, 0.15) is 22.3 Å². The third-order valence-electron chi connectivity index (χ3n) is 3.94. The van der Waals surface area contributed by atoms with Crippen LogP contribution in [0.25, 0.3) is 0 Å². The van der Waals surface area contributed by atoms with E-state index in [1.807, 2.05) is 51.1 Å². The summed E-state index contributed by atoms with van der Waals surface area (Å²) in [6.07, 6.45) is 0. The van der Waals surface area contributed by atoms with Crippen molar-refractivity contribution in [1.82, 2.24) is 5.32 Å². The average Bonchev–Trinajstić information content (AvgIpc) is 2.56. The van der Waals surface area contributed by atoms with Gasteiger partial charge in [0, 0.05) is 0 Å². The lowest BCUT2D eigenvalue weighted by Gasteiger charge is -2.12. The molecule has 1 amide bonds. The fourth-order valence-electron chi connectivity index (χ4n) is 2.29. The van der Waals surface area contributed by atoms with Crippen LogP contribution in [0.4, 0.5) is 0 Å². The predicted octanol–water partition coefficient (Wildman–Crippen LogP) is 3.49. The molecule has 0 aliphatic rings. The van der Waals surface area contributed by atoms with Crippen LogP contribution in [0.15, 0.2) is 36.4 Å². The molecule has 0 aromatic heterocycles. The number of aryl methyl sites for hydroxylation is 3. The van der Waals surface area contributed by atoms with Gasteiger partial charge in [-0.25, -0.2) is 0 Å². The van der Waals surface area contributed by atoms with Crippen LogP contribution in [0.2, 0.25) is 0 Å². The number of nitrogens with one attached hydrogen (secondary N) is 1. The molecule has 4 nitrogen and oxygen atoms in total. The molecule has 0 aliphatic carbocycles. The highest BCUT2D eigenvalue weighted by Crippen LogP contribution is 2.20. The summed E-state index contributed by atoms with van der Waals surface area (Å²) in [4.78, 5) is 11.9. The number of carbonyl (C=O) groups is 1. The number of carbonyl (C=O) groups excluding carboxylic acids is 1. The van der Waals surface area contributed by atoms with Crippen molar-refractivity contribution in [2.45, 2.75) is 27.7 Å². The minimum Gasteiger partial charge on any atom is -0.491 e. The first kappa shape index (κ1) is 17.9. The first-order chi connectivity index (χ1) is 11.5. The Morgan fingerprint density at radius 3 is 2.54 bits per heavy atom. The molecule has 24 heavy (non-hydrogen) atoms. The minimum atomic E-state index is -0.152. The standard InChI is InChI=1S/C20H25NO3/c1-14-8-9-16(3)19(12-14)24-13-20(22)21-10-11-23-18-7-5-6-15(2)17(18)4/h5-9,12H,10-11,13H2,1-4H3,(H,21,22). The van der Waals surface area contributed by atoms with E-state index in [0.29, 0.717) is 13.2 Å². The van der Waals surface area contributed by atoms with Gasteiger partial charge in [0.2, 0.25) is 0 Å². The van der Waals surface area contributed by atoms with Crippen LogP contribution in [-0.2, 0) is 4.79 Å². The monoisotopic (exact) mass is 327 g/mol. The lowest BCUT2D eigenvalue weighted by atomic mass is 10.1. The van der Waals surface area contributed by atoms with Crippen molar-refractivity contribution in [3.63, 3.8) is 0 Å². The average molecular weight is 327 g/mol. The van der Waals surface area contributed by atoms with Crippen molar-refractivity contribution < 1.29 is 14.3 Å². The van der Waals surface area contributed by atoms with E-state index in [1.54, 1.807) is 0 Å². The van der Waals surface area contributed by atoms with E-state index in [9.17, 15) is 4.79 Å². The highest BCUT2D eigenvalue weighted by atomic mass is 16.5. The number of amides is 1. The smallest absolute Gasteiger partial charge is 0.258 e. The van der Waals surface area contributed by atoms with E-state index < -0.39 is 0 Å². The number of hydrogen-bond donors (Lipinski definition) is 1. The second kappa shape index (κ2) is 8.39. The highest BCUT2D eigenvalue weighted by molar-refractivity contribution is 5.77. The summed E-state index contributed by atoms with van der Waals surface area (Å²) in [7, 11) is 0. The molecule has 0 heterocycles. The zero-order chi connectivity index (χ0) is 17.5. The van der Waals surface area contributed by atoms with Gasteiger partial charge >= 0.3 is 0 Å². The molecular weight excluding hydrogens is 302 g/mol. The first-order valence-corrected chi connectivity index (χ1v) is 8.13. The fraction of sp³-hybridized carbons (Fsp3) is 0.350. The SMILES string of the molecule is Cc1ccc(C)c(OCC(=O)NCCOc2cccc(C)c2C)c1. The molecule has 2 rings (SSSR count). The molecule has 0 radical (unpaired) electrons. The Balaban J connectivity index is 1.72. The number of ether oxygens (including phenoxy) is 2. The summed E-state index contributed by atoms with van der Waals surface area (Å²) in [5, 5.41) is 2.80. The normalized spacial score (nSPS) is 10.3. The van der Waals surface area contributed by atoms with Crippen molar-refractivity contribution in [1.29, 1.82) is 0 Å². The Labute approximate surface area is 143 Å². The Morgan fingerprint density at radius 1 is 0.958 bits per heavy atom. The lowest BCUT2D eigenvalue weighted by molar-refractivity contribution is -0.123. The molecule has 0 saturated heterocycles. The molecule has 0 bridgehead atoms. The molecule has 4 heteroatoms. The summed E-state index contributed by atoms with van der Waals surface area (Å²) < 4.78 is 11.3. The van der Waals surface area contributed by atoms with Gasteiger partial charge in [0.1, 0.15) is 18.1 Å². The van der Waals surface area contributed by atoms with E-state index in [2.05, 4.69) is 18.3 Å². The zero-order valence-corrected chi connectivity index (χ0v) is 14.8. The van der Waals surface area contributed by atoms with Gasteiger partial charge < -0.3 is 14.8 Å². The minimum absolute atomic E-state index is 0.00770. The van der Waals surface area contributed by atoms with E-state index in [4.69, 9.17) is 9.47 Å². The van der Waals surface area contributed by atoms with Crippen molar-refractivity contribution in [2.24, 2.45) is 0 Å². The van der Waals surface area contributed by atoms with Gasteiger partial charge in [0.15, 0.2) is 6.61 Å². The second-order valence-electron chi connectivity index (χ2n) is 5.95. The fourth-order valence-corrected chi connectivity index (χ4v) is 2.29. The topological polar surface area (TPSA) is 47.6 Å². The van der Waals surface area contributed by atoms with Crippen molar-refractivity contribution >= 4 is 5.91 Å². The van der Waals surface area contributed by atoms with Crippen LogP contribution < -0.4 is 14.8 Å². The van der Waals surface area contributed by atoms with Gasteiger partial charge in [0.05, 0.1) is 6.54 Å². The molecule has 0 aliphatic heterocycles. The Kier molecular flexibility index (Phi) is 6.24. The largest absolute Gasteiger partial charge is 0.491 e. The van der Waals surface area contributed by atoms with Gasteiger partial charge in [0.25, 0.3) is 5.91 Å². The summed E-state index contributed by atoms with van der Waals surface area (Å²) in [6, 6.07) is 11.9. The van der Waals surface area contributed by atoms with Gasteiger partial charge in [-0.1, -0.05) is 24.3 Å². The van der Waals surface area contributed by atoms with E-state index >= 15 is 0 Å². The van der Waals surface area contributed by atoms with E-state index in [0.717, 1.165) is 28.2 Å². The highest BCUT2D eigenvalue weighted by Gasteiger charge is 2.06. The maximum Gasteiger partial charge on any atom is 0.258 e. The molecular formula is C20H25NO3. The van der Waals surface area contributed by atoms with Gasteiger partial charge in [-0.2, -0.15) is 0 Å². The molecule has 128 valence electrons. The molecule has 0 atom stereocenters. The number of hydrogen-bond acceptors (Lipinski definition) is 3. The summed E-state index contributed by atoms with van der Waals surface area (Å²) >= 11 is 0. The lowest BCUT2D eigenvalue weighted by Crippen LogP contribution is -2.32. The molecule has 0 unspecified atom stereocenters. The number of rotatable bonds is 7. The van der Waals surface area contributed by atoms with Gasteiger partial charge in [-0.3, -0.25) is 4.79 Å². The molecule has 1 N–H and O–H groups in total. The maximum atomic E-state index is 11.9. The van der Waals surface area contributed by atoms with Crippen LogP contribution in [-0.4, -0.2) is 25.7 Å². The summed E-state index contributed by atoms with van der Waals surface area (Å²) in [5.41, 5.74) is 4.45. The zero-order valence-electron chi connectivity index (χ0n) is 14.8. The predicted molar refractivity (Wildman–Crippen MR) is 95.8 cm³/mol. The van der Waals surface area contributed by atoms with Crippen molar-refractivity contribution in [2.75, 3.05) is 19.8 Å². The second-order valence-corrected chi connectivity index (χ2v) is 5.95.